The fourth-order valence-corrected chi connectivity index (χ4v) is 2.28. The molecule has 1 aliphatic rings. The summed E-state index contributed by atoms with van der Waals surface area (Å²) in [6.07, 6.45) is 2.03. The molecule has 4 N–H and O–H groups in total. The van der Waals surface area contributed by atoms with Crippen LogP contribution in [0, 0.1) is 5.82 Å². The maximum atomic E-state index is 13.0. The smallest absolute Gasteiger partial charge is 0.312 e. The van der Waals surface area contributed by atoms with Gasteiger partial charge < -0.3 is 16.4 Å². The zero-order valence-electron chi connectivity index (χ0n) is 10.2. The second-order valence-electron chi connectivity index (χ2n) is 4.67. The van der Waals surface area contributed by atoms with Crippen molar-refractivity contribution in [3.05, 3.63) is 35.6 Å². The highest BCUT2D eigenvalue weighted by Crippen LogP contribution is 2.36. The summed E-state index contributed by atoms with van der Waals surface area (Å²) in [5, 5.41) is 5.85. The third-order valence-electron chi connectivity index (χ3n) is 3.32. The monoisotopic (exact) mass is 251 g/mol. The summed E-state index contributed by atoms with van der Waals surface area (Å²) in [6, 6.07) is 6.75. The Hall–Kier alpha value is -1.62. The topological polar surface area (TPSA) is 67.2 Å². The summed E-state index contributed by atoms with van der Waals surface area (Å²) in [4.78, 5) is 10.4. The molecule has 0 saturated heterocycles. The highest BCUT2D eigenvalue weighted by molar-refractivity contribution is 5.71. The minimum atomic E-state index is -0.497. The van der Waals surface area contributed by atoms with Crippen LogP contribution < -0.4 is 16.4 Å². The van der Waals surface area contributed by atoms with Crippen LogP contribution in [0.4, 0.5) is 9.18 Å². The summed E-state index contributed by atoms with van der Waals surface area (Å²) in [7, 11) is 0. The molecule has 0 spiro atoms. The summed E-state index contributed by atoms with van der Waals surface area (Å²) in [5.74, 6) is 0.275. The van der Waals surface area contributed by atoms with E-state index in [2.05, 4.69) is 10.6 Å². The Kier molecular flexibility index (Phi) is 4.15. The molecule has 2 rings (SSSR count). The molecule has 2 amide bonds. The first-order valence-electron chi connectivity index (χ1n) is 6.17. The lowest BCUT2D eigenvalue weighted by Crippen LogP contribution is -2.44. The van der Waals surface area contributed by atoms with E-state index < -0.39 is 6.03 Å². The molecule has 0 radical (unpaired) electrons. The molecule has 0 bridgehead atoms. The van der Waals surface area contributed by atoms with Crippen molar-refractivity contribution in [3.63, 3.8) is 0 Å². The van der Waals surface area contributed by atoms with Gasteiger partial charge in [0.1, 0.15) is 5.82 Å². The van der Waals surface area contributed by atoms with Gasteiger partial charge in [-0.3, -0.25) is 0 Å². The molecule has 0 atom stereocenters. The van der Waals surface area contributed by atoms with Gasteiger partial charge in [-0.1, -0.05) is 12.1 Å². The number of hydrogen-bond acceptors (Lipinski definition) is 2. The van der Waals surface area contributed by atoms with Gasteiger partial charge in [0.15, 0.2) is 0 Å². The lowest BCUT2D eigenvalue weighted by atomic mass is 9.76. The maximum absolute atomic E-state index is 13.0. The molecule has 4 nitrogen and oxygen atoms in total. The number of carbonyl (C=O) groups excluding carboxylic acids is 1. The van der Waals surface area contributed by atoms with Crippen molar-refractivity contribution >= 4 is 6.03 Å². The number of amides is 2. The predicted octanol–water partition coefficient (Wildman–Crippen LogP) is 1.33. The fraction of sp³-hybridized carbons (Fsp3) is 0.462. The van der Waals surface area contributed by atoms with Crippen molar-refractivity contribution in [1.82, 2.24) is 10.6 Å². The first-order chi connectivity index (χ1) is 8.65. The second-order valence-corrected chi connectivity index (χ2v) is 4.67. The van der Waals surface area contributed by atoms with E-state index in [0.29, 0.717) is 25.0 Å². The van der Waals surface area contributed by atoms with E-state index in [4.69, 9.17) is 5.73 Å². The molecule has 0 heterocycles. The van der Waals surface area contributed by atoms with Crippen molar-refractivity contribution in [2.24, 2.45) is 5.73 Å². The van der Waals surface area contributed by atoms with Crippen LogP contribution in [-0.4, -0.2) is 25.2 Å². The zero-order valence-corrected chi connectivity index (χ0v) is 10.2. The van der Waals surface area contributed by atoms with E-state index in [1.54, 1.807) is 12.1 Å². The van der Waals surface area contributed by atoms with Crippen LogP contribution in [-0.2, 0) is 0 Å². The van der Waals surface area contributed by atoms with Gasteiger partial charge in [-0.05, 0) is 36.5 Å². The quantitative estimate of drug-likeness (QED) is 0.691. The Bertz CT molecular complexity index is 418. The van der Waals surface area contributed by atoms with Crippen LogP contribution in [0.25, 0.3) is 0 Å². The van der Waals surface area contributed by atoms with E-state index in [1.165, 1.54) is 6.07 Å². The van der Waals surface area contributed by atoms with Crippen molar-refractivity contribution < 1.29 is 9.18 Å². The van der Waals surface area contributed by atoms with E-state index in [0.717, 1.165) is 18.4 Å². The maximum Gasteiger partial charge on any atom is 0.312 e. The standard InChI is InChI=1S/C13H18FN3O/c14-11-3-1-2-9(6-11)10-7-12(8-10)16-4-5-17-13(15)18/h1-3,6,10,12,16H,4-5,7-8H2,(H3,15,17,18). The average molecular weight is 251 g/mol. The molecule has 0 aromatic heterocycles. The number of benzene rings is 1. The number of nitrogens with two attached hydrogens (primary N) is 1. The molecule has 1 aliphatic carbocycles. The van der Waals surface area contributed by atoms with Crippen LogP contribution >= 0.6 is 0 Å². The van der Waals surface area contributed by atoms with Crippen LogP contribution in [0.15, 0.2) is 24.3 Å². The minimum absolute atomic E-state index is 0.172. The van der Waals surface area contributed by atoms with Crippen LogP contribution in [0.2, 0.25) is 0 Å². The molecular formula is C13H18FN3O. The Balaban J connectivity index is 1.66. The molecule has 1 saturated carbocycles. The number of rotatable bonds is 5. The third-order valence-corrected chi connectivity index (χ3v) is 3.32. The van der Waals surface area contributed by atoms with Crippen molar-refractivity contribution in [3.8, 4) is 0 Å². The molecule has 1 aromatic carbocycles. The molecular weight excluding hydrogens is 233 g/mol. The Morgan fingerprint density at radius 2 is 2.17 bits per heavy atom. The number of urea groups is 1. The fourth-order valence-electron chi connectivity index (χ4n) is 2.28. The lowest BCUT2D eigenvalue weighted by molar-refractivity contribution is 0.247. The molecule has 0 aliphatic heterocycles. The largest absolute Gasteiger partial charge is 0.352 e. The zero-order chi connectivity index (χ0) is 13.0. The van der Waals surface area contributed by atoms with Gasteiger partial charge in [-0.2, -0.15) is 0 Å². The van der Waals surface area contributed by atoms with Gasteiger partial charge in [-0.25, -0.2) is 9.18 Å². The SMILES string of the molecule is NC(=O)NCCNC1CC(c2cccc(F)c2)C1. The molecule has 5 heteroatoms. The highest BCUT2D eigenvalue weighted by atomic mass is 19.1. The average Bonchev–Trinajstić information content (AvgIpc) is 2.25. The molecule has 98 valence electrons. The molecule has 18 heavy (non-hydrogen) atoms. The van der Waals surface area contributed by atoms with Crippen molar-refractivity contribution in [2.75, 3.05) is 13.1 Å². The van der Waals surface area contributed by atoms with Gasteiger partial charge in [0.05, 0.1) is 0 Å². The minimum Gasteiger partial charge on any atom is -0.352 e. The van der Waals surface area contributed by atoms with Gasteiger partial charge in [-0.15, -0.1) is 0 Å². The summed E-state index contributed by atoms with van der Waals surface area (Å²) in [6.45, 7) is 1.25. The molecule has 0 unspecified atom stereocenters. The summed E-state index contributed by atoms with van der Waals surface area (Å²) < 4.78 is 13.0. The van der Waals surface area contributed by atoms with E-state index >= 15 is 0 Å². The number of halogens is 1. The van der Waals surface area contributed by atoms with Gasteiger partial charge in [0.25, 0.3) is 0 Å². The Morgan fingerprint density at radius 1 is 1.39 bits per heavy atom. The van der Waals surface area contributed by atoms with Crippen LogP contribution in [0.3, 0.4) is 0 Å². The van der Waals surface area contributed by atoms with Gasteiger partial charge in [0.2, 0.25) is 0 Å². The summed E-state index contributed by atoms with van der Waals surface area (Å²) in [5.41, 5.74) is 6.03. The first-order valence-corrected chi connectivity index (χ1v) is 6.17. The number of primary amides is 1. The van der Waals surface area contributed by atoms with Gasteiger partial charge >= 0.3 is 6.03 Å². The van der Waals surface area contributed by atoms with Crippen LogP contribution in [0.5, 0.6) is 0 Å². The number of nitrogens with one attached hydrogen (secondary N) is 2. The first kappa shape index (κ1) is 12.8. The number of hydrogen-bond donors (Lipinski definition) is 3. The number of carbonyl (C=O) groups is 1. The third kappa shape index (κ3) is 3.43. The summed E-state index contributed by atoms with van der Waals surface area (Å²) >= 11 is 0. The normalized spacial score (nSPS) is 22.3. The lowest BCUT2D eigenvalue weighted by Gasteiger charge is -2.36. The predicted molar refractivity (Wildman–Crippen MR) is 67.8 cm³/mol. The molecule has 1 aromatic rings. The highest BCUT2D eigenvalue weighted by Gasteiger charge is 2.29. The Morgan fingerprint density at radius 3 is 2.83 bits per heavy atom. The Labute approximate surface area is 106 Å². The second kappa shape index (κ2) is 5.82. The van der Waals surface area contributed by atoms with Gasteiger partial charge in [0, 0.05) is 19.1 Å². The van der Waals surface area contributed by atoms with E-state index in [-0.39, 0.29) is 5.82 Å². The van der Waals surface area contributed by atoms with Crippen LogP contribution in [0.1, 0.15) is 24.3 Å². The molecule has 1 fully saturated rings. The van der Waals surface area contributed by atoms with E-state index in [1.807, 2.05) is 6.07 Å². The van der Waals surface area contributed by atoms with E-state index in [9.17, 15) is 9.18 Å². The van der Waals surface area contributed by atoms with Crippen molar-refractivity contribution in [1.29, 1.82) is 0 Å². The van der Waals surface area contributed by atoms with Crippen molar-refractivity contribution in [2.45, 2.75) is 24.8 Å².